The van der Waals surface area contributed by atoms with E-state index in [9.17, 15) is 18.3 Å². The van der Waals surface area contributed by atoms with E-state index in [1.807, 2.05) is 0 Å². The van der Waals surface area contributed by atoms with Gasteiger partial charge in [0.1, 0.15) is 18.3 Å². The number of rotatable bonds is 4. The molecule has 0 aromatic carbocycles. The number of carbonyl (C=O) groups excluding carboxylic acids is 1. The van der Waals surface area contributed by atoms with Crippen LogP contribution in [0.25, 0.3) is 0 Å². The van der Waals surface area contributed by atoms with Crippen molar-refractivity contribution in [1.29, 1.82) is 0 Å². The number of hydrogen-bond acceptors (Lipinski definition) is 7. The van der Waals surface area contributed by atoms with Gasteiger partial charge in [0.15, 0.2) is 0 Å². The minimum atomic E-state index is -4.82. The molecule has 1 aliphatic rings. The van der Waals surface area contributed by atoms with Gasteiger partial charge in [0.25, 0.3) is 0 Å². The van der Waals surface area contributed by atoms with Crippen LogP contribution in [0.4, 0.5) is 0 Å². The number of carbonyl (C=O) groups is 1. The van der Waals surface area contributed by atoms with E-state index in [2.05, 4.69) is 9.50 Å². The molecular weight excluding hydrogens is 270 g/mol. The van der Waals surface area contributed by atoms with Gasteiger partial charge in [-0.25, -0.2) is 4.18 Å². The van der Waals surface area contributed by atoms with Gasteiger partial charge in [-0.1, -0.05) is 0 Å². The summed E-state index contributed by atoms with van der Waals surface area (Å²) >= 11 is 0. The third kappa shape index (κ3) is 4.15. The molecule has 1 amide bonds. The molecular formula is C8H15NO8S. The molecule has 0 aliphatic carbocycles. The van der Waals surface area contributed by atoms with Gasteiger partial charge in [0, 0.05) is 6.92 Å². The molecule has 0 radical (unpaired) electrons. The SMILES string of the molecule is CC(=O)NC1COC(CO)[C@@H](OS(=O)(=O)O)[C@H]1O. The lowest BCUT2D eigenvalue weighted by atomic mass is 9.98. The average molecular weight is 285 g/mol. The highest BCUT2D eigenvalue weighted by Gasteiger charge is 2.42. The second-order valence-corrected chi connectivity index (χ2v) is 4.89. The predicted molar refractivity (Wildman–Crippen MR) is 56.9 cm³/mol. The Balaban J connectivity index is 2.82. The molecule has 0 spiro atoms. The minimum Gasteiger partial charge on any atom is -0.394 e. The molecule has 0 aromatic rings. The Morgan fingerprint density at radius 1 is 1.56 bits per heavy atom. The zero-order chi connectivity index (χ0) is 13.9. The monoisotopic (exact) mass is 285 g/mol. The number of aliphatic hydroxyl groups is 2. The van der Waals surface area contributed by atoms with Crippen LogP contribution in [0.1, 0.15) is 6.92 Å². The smallest absolute Gasteiger partial charge is 0.394 e. The number of amides is 1. The lowest BCUT2D eigenvalue weighted by molar-refractivity contribution is -0.156. The first kappa shape index (κ1) is 15.3. The van der Waals surface area contributed by atoms with Crippen molar-refractivity contribution >= 4 is 16.3 Å². The van der Waals surface area contributed by atoms with Crippen LogP contribution in [-0.4, -0.2) is 66.7 Å². The van der Waals surface area contributed by atoms with E-state index in [1.165, 1.54) is 6.92 Å². The molecule has 0 aromatic heterocycles. The van der Waals surface area contributed by atoms with Gasteiger partial charge in [-0.2, -0.15) is 8.42 Å². The molecule has 18 heavy (non-hydrogen) atoms. The molecule has 1 saturated heterocycles. The van der Waals surface area contributed by atoms with Crippen LogP contribution in [0.5, 0.6) is 0 Å². The van der Waals surface area contributed by atoms with Crippen LogP contribution < -0.4 is 5.32 Å². The molecule has 10 heteroatoms. The molecule has 2 unspecified atom stereocenters. The molecule has 1 fully saturated rings. The first-order valence-corrected chi connectivity index (χ1v) is 6.44. The molecule has 0 bridgehead atoms. The van der Waals surface area contributed by atoms with Crippen LogP contribution in [0, 0.1) is 0 Å². The maximum atomic E-state index is 10.9. The van der Waals surface area contributed by atoms with Gasteiger partial charge in [-0.15, -0.1) is 0 Å². The Morgan fingerprint density at radius 2 is 2.17 bits per heavy atom. The largest absolute Gasteiger partial charge is 0.397 e. The first-order valence-electron chi connectivity index (χ1n) is 5.08. The van der Waals surface area contributed by atoms with Crippen molar-refractivity contribution in [2.75, 3.05) is 13.2 Å². The number of aliphatic hydroxyl groups excluding tert-OH is 2. The average Bonchev–Trinajstić information content (AvgIpc) is 2.22. The van der Waals surface area contributed by atoms with Crippen LogP contribution in [0.15, 0.2) is 0 Å². The third-order valence-corrected chi connectivity index (χ3v) is 2.87. The van der Waals surface area contributed by atoms with Gasteiger partial charge >= 0.3 is 10.4 Å². The van der Waals surface area contributed by atoms with Gasteiger partial charge in [0.2, 0.25) is 5.91 Å². The second-order valence-electron chi connectivity index (χ2n) is 3.84. The second kappa shape index (κ2) is 5.91. The Morgan fingerprint density at radius 3 is 2.61 bits per heavy atom. The number of hydrogen-bond donors (Lipinski definition) is 4. The van der Waals surface area contributed by atoms with Gasteiger partial charge in [-0.3, -0.25) is 9.35 Å². The van der Waals surface area contributed by atoms with E-state index in [4.69, 9.17) is 14.4 Å². The fourth-order valence-corrected chi connectivity index (χ4v) is 2.19. The van der Waals surface area contributed by atoms with Gasteiger partial charge in [-0.05, 0) is 0 Å². The highest BCUT2D eigenvalue weighted by atomic mass is 32.3. The molecule has 1 rings (SSSR count). The minimum absolute atomic E-state index is 0.114. The van der Waals surface area contributed by atoms with E-state index in [0.29, 0.717) is 0 Å². The Hall–Kier alpha value is -0.780. The summed E-state index contributed by atoms with van der Waals surface area (Å²) in [7, 11) is -4.82. The fourth-order valence-electron chi connectivity index (χ4n) is 1.67. The topological polar surface area (TPSA) is 142 Å². The predicted octanol–water partition coefficient (Wildman–Crippen LogP) is -2.57. The summed E-state index contributed by atoms with van der Waals surface area (Å²) in [5.74, 6) is -0.448. The van der Waals surface area contributed by atoms with E-state index in [1.54, 1.807) is 0 Å². The lowest BCUT2D eigenvalue weighted by Crippen LogP contribution is -2.60. The Kier molecular flexibility index (Phi) is 5.01. The molecule has 4 atom stereocenters. The lowest BCUT2D eigenvalue weighted by Gasteiger charge is -2.38. The van der Waals surface area contributed by atoms with Crippen molar-refractivity contribution in [2.24, 2.45) is 0 Å². The maximum absolute atomic E-state index is 10.9. The van der Waals surface area contributed by atoms with Crippen molar-refractivity contribution < 1.29 is 36.9 Å². The van der Waals surface area contributed by atoms with Crippen molar-refractivity contribution in [3.05, 3.63) is 0 Å². The molecule has 1 aliphatic heterocycles. The Bertz CT molecular complexity index is 396. The zero-order valence-electron chi connectivity index (χ0n) is 9.51. The number of nitrogens with one attached hydrogen (secondary N) is 1. The summed E-state index contributed by atoms with van der Waals surface area (Å²) in [6.45, 7) is 0.491. The summed E-state index contributed by atoms with van der Waals surface area (Å²) in [4.78, 5) is 10.9. The van der Waals surface area contributed by atoms with Crippen molar-refractivity contribution in [2.45, 2.75) is 31.3 Å². The highest BCUT2D eigenvalue weighted by molar-refractivity contribution is 7.80. The van der Waals surface area contributed by atoms with Crippen molar-refractivity contribution in [1.82, 2.24) is 5.32 Å². The maximum Gasteiger partial charge on any atom is 0.397 e. The van der Waals surface area contributed by atoms with Crippen molar-refractivity contribution in [3.63, 3.8) is 0 Å². The Labute approximate surface area is 104 Å². The molecule has 4 N–H and O–H groups in total. The quantitative estimate of drug-likeness (QED) is 0.413. The number of ether oxygens (including phenoxy) is 1. The first-order chi connectivity index (χ1) is 8.24. The molecule has 0 saturated carbocycles. The van der Waals surface area contributed by atoms with Crippen LogP contribution >= 0.6 is 0 Å². The van der Waals surface area contributed by atoms with E-state index >= 15 is 0 Å². The van der Waals surface area contributed by atoms with E-state index in [0.717, 1.165) is 0 Å². The standard InChI is InChI=1S/C8H15NO8S/c1-4(11)9-5-3-16-6(2-10)8(7(5)12)17-18(13,14)15/h5-8,10,12H,2-3H2,1H3,(H,9,11)(H,13,14,15)/t5?,6?,7-,8+/m0/s1. The van der Waals surface area contributed by atoms with Crippen molar-refractivity contribution in [3.8, 4) is 0 Å². The molecule has 106 valence electrons. The summed E-state index contributed by atoms with van der Waals surface area (Å²) in [5, 5.41) is 21.1. The van der Waals surface area contributed by atoms with Gasteiger partial charge < -0.3 is 20.3 Å². The summed E-state index contributed by atoms with van der Waals surface area (Å²) in [6, 6.07) is -0.892. The van der Waals surface area contributed by atoms with Gasteiger partial charge in [0.05, 0.1) is 19.3 Å². The van der Waals surface area contributed by atoms with Crippen LogP contribution in [0.3, 0.4) is 0 Å². The molecule has 9 nitrogen and oxygen atoms in total. The van der Waals surface area contributed by atoms with Crippen LogP contribution in [0.2, 0.25) is 0 Å². The summed E-state index contributed by atoms with van der Waals surface area (Å²) in [5.41, 5.74) is 0. The summed E-state index contributed by atoms with van der Waals surface area (Å²) < 4.78 is 39.1. The van der Waals surface area contributed by atoms with E-state index in [-0.39, 0.29) is 6.61 Å². The zero-order valence-corrected chi connectivity index (χ0v) is 10.3. The molecule has 1 heterocycles. The van der Waals surface area contributed by atoms with E-state index < -0.39 is 47.3 Å². The fraction of sp³-hybridized carbons (Fsp3) is 0.875. The normalized spacial score (nSPS) is 33.1. The third-order valence-electron chi connectivity index (χ3n) is 2.41. The summed E-state index contributed by atoms with van der Waals surface area (Å²) in [6.07, 6.45) is -4.07. The van der Waals surface area contributed by atoms with Crippen LogP contribution in [-0.2, 0) is 24.1 Å². The highest BCUT2D eigenvalue weighted by Crippen LogP contribution is 2.20.